The highest BCUT2D eigenvalue weighted by Gasteiger charge is 2.42. The monoisotopic (exact) mass is 396 g/mol. The molecule has 0 amide bonds. The number of carboxylic acids is 1. The Morgan fingerprint density at radius 2 is 2.17 bits per heavy atom. The van der Waals surface area contributed by atoms with E-state index in [1.807, 2.05) is 13.0 Å². The lowest BCUT2D eigenvalue weighted by atomic mass is 9.88. The number of aliphatic hydroxyl groups excluding tert-OH is 1. The fourth-order valence-electron chi connectivity index (χ4n) is 2.75. The zero-order valence-corrected chi connectivity index (χ0v) is 13.8. The Bertz CT molecular complexity index is 460. The predicted octanol–water partition coefficient (Wildman–Crippen LogP) is 4.05. The van der Waals surface area contributed by atoms with Gasteiger partial charge in [-0.05, 0) is 56.7 Å². The molecule has 1 saturated carbocycles. The number of rotatable bonds is 3. The molecule has 0 spiro atoms. The largest absolute Gasteiger partial charge is 0.481 e. The summed E-state index contributed by atoms with van der Waals surface area (Å²) in [6.45, 7) is 2.04. The van der Waals surface area contributed by atoms with Crippen molar-refractivity contribution in [2.45, 2.75) is 25.9 Å². The lowest BCUT2D eigenvalue weighted by Crippen LogP contribution is -2.23. The maximum atomic E-state index is 11.3. The molecular formula is C12H14Br2O3S. The van der Waals surface area contributed by atoms with Crippen molar-refractivity contribution in [3.63, 3.8) is 0 Å². The molecule has 1 aromatic rings. The molecular weight excluding hydrogens is 384 g/mol. The highest BCUT2D eigenvalue weighted by atomic mass is 79.9. The van der Waals surface area contributed by atoms with Gasteiger partial charge in [-0.25, -0.2) is 0 Å². The second-order valence-corrected chi connectivity index (χ2v) is 8.66. The van der Waals surface area contributed by atoms with E-state index < -0.39 is 18.0 Å². The van der Waals surface area contributed by atoms with Crippen LogP contribution in [0.2, 0.25) is 0 Å². The number of hydrogen-bond acceptors (Lipinski definition) is 3. The fraction of sp³-hybridized carbons (Fsp3) is 0.583. The van der Waals surface area contributed by atoms with Crippen LogP contribution in [-0.4, -0.2) is 16.2 Å². The van der Waals surface area contributed by atoms with Gasteiger partial charge in [0.1, 0.15) is 0 Å². The quantitative estimate of drug-likeness (QED) is 0.808. The molecule has 2 N–H and O–H groups in total. The Balaban J connectivity index is 2.24. The number of thiophene rings is 1. The van der Waals surface area contributed by atoms with E-state index in [1.54, 1.807) is 0 Å². The van der Waals surface area contributed by atoms with E-state index in [0.717, 1.165) is 19.6 Å². The van der Waals surface area contributed by atoms with E-state index in [9.17, 15) is 15.0 Å². The maximum Gasteiger partial charge on any atom is 0.306 e. The molecule has 4 unspecified atom stereocenters. The summed E-state index contributed by atoms with van der Waals surface area (Å²) in [6, 6.07) is 1.86. The second-order valence-electron chi connectivity index (χ2n) is 4.91. The zero-order valence-electron chi connectivity index (χ0n) is 9.77. The molecule has 0 bridgehead atoms. The van der Waals surface area contributed by atoms with Gasteiger partial charge in [0.05, 0.1) is 19.6 Å². The van der Waals surface area contributed by atoms with Crippen LogP contribution in [0.4, 0.5) is 0 Å². The van der Waals surface area contributed by atoms with Gasteiger partial charge in [-0.2, -0.15) is 0 Å². The molecule has 1 aromatic heterocycles. The summed E-state index contributed by atoms with van der Waals surface area (Å²) in [5.41, 5.74) is 0.789. The van der Waals surface area contributed by atoms with Gasteiger partial charge >= 0.3 is 5.97 Å². The van der Waals surface area contributed by atoms with Crippen molar-refractivity contribution in [3.8, 4) is 0 Å². The molecule has 4 atom stereocenters. The van der Waals surface area contributed by atoms with Gasteiger partial charge in [0.25, 0.3) is 0 Å². The van der Waals surface area contributed by atoms with Crippen molar-refractivity contribution in [3.05, 3.63) is 19.2 Å². The average molecular weight is 398 g/mol. The molecule has 1 aliphatic rings. The van der Waals surface area contributed by atoms with Gasteiger partial charge in [0.2, 0.25) is 0 Å². The molecule has 0 radical (unpaired) electrons. The first-order chi connectivity index (χ1) is 8.40. The number of aliphatic carboxylic acids is 1. The van der Waals surface area contributed by atoms with Crippen molar-refractivity contribution in [2.24, 2.45) is 17.8 Å². The molecule has 2 rings (SSSR count). The number of aliphatic hydroxyl groups is 1. The van der Waals surface area contributed by atoms with E-state index >= 15 is 0 Å². The van der Waals surface area contributed by atoms with Crippen molar-refractivity contribution in [1.82, 2.24) is 0 Å². The van der Waals surface area contributed by atoms with Crippen LogP contribution in [0, 0.1) is 17.8 Å². The Morgan fingerprint density at radius 1 is 1.50 bits per heavy atom. The summed E-state index contributed by atoms with van der Waals surface area (Å²) in [4.78, 5) is 11.3. The number of carbonyl (C=O) groups is 1. The van der Waals surface area contributed by atoms with Gasteiger partial charge in [-0.3, -0.25) is 4.79 Å². The number of carboxylic acid groups (broad SMARTS) is 1. The predicted molar refractivity (Wildman–Crippen MR) is 77.7 cm³/mol. The second kappa shape index (κ2) is 5.61. The van der Waals surface area contributed by atoms with Crippen molar-refractivity contribution in [2.75, 3.05) is 0 Å². The van der Waals surface area contributed by atoms with Gasteiger partial charge in [0.15, 0.2) is 0 Å². The summed E-state index contributed by atoms with van der Waals surface area (Å²) in [7, 11) is 0. The van der Waals surface area contributed by atoms with E-state index in [0.29, 0.717) is 12.3 Å². The van der Waals surface area contributed by atoms with Crippen LogP contribution < -0.4 is 0 Å². The van der Waals surface area contributed by atoms with E-state index in [1.165, 1.54) is 11.3 Å². The van der Waals surface area contributed by atoms with Crippen molar-refractivity contribution >= 4 is 49.2 Å². The van der Waals surface area contributed by atoms with Crippen molar-refractivity contribution in [1.29, 1.82) is 0 Å². The Morgan fingerprint density at radius 3 is 2.67 bits per heavy atom. The first-order valence-electron chi connectivity index (χ1n) is 5.75. The molecule has 0 aromatic carbocycles. The minimum absolute atomic E-state index is 0.199. The van der Waals surface area contributed by atoms with Crippen LogP contribution in [0.25, 0.3) is 0 Å². The lowest BCUT2D eigenvalue weighted by Gasteiger charge is -2.22. The molecule has 100 valence electrons. The zero-order chi connectivity index (χ0) is 13.4. The molecule has 0 aliphatic heterocycles. The number of halogens is 2. The third-order valence-electron chi connectivity index (χ3n) is 3.57. The van der Waals surface area contributed by atoms with Crippen LogP contribution in [0.3, 0.4) is 0 Å². The van der Waals surface area contributed by atoms with Crippen LogP contribution >= 0.6 is 43.2 Å². The molecule has 6 heteroatoms. The highest BCUT2D eigenvalue weighted by Crippen LogP contribution is 2.46. The molecule has 1 fully saturated rings. The minimum Gasteiger partial charge on any atom is -0.481 e. The minimum atomic E-state index is -0.797. The molecule has 18 heavy (non-hydrogen) atoms. The van der Waals surface area contributed by atoms with Crippen LogP contribution in [0.1, 0.15) is 31.4 Å². The van der Waals surface area contributed by atoms with E-state index in [2.05, 4.69) is 31.9 Å². The lowest BCUT2D eigenvalue weighted by molar-refractivity contribution is -0.144. The van der Waals surface area contributed by atoms with Crippen LogP contribution in [0.5, 0.6) is 0 Å². The van der Waals surface area contributed by atoms with Gasteiger partial charge in [-0.1, -0.05) is 6.92 Å². The Hall–Kier alpha value is 0.0900. The molecule has 1 aliphatic carbocycles. The van der Waals surface area contributed by atoms with Gasteiger partial charge in [-0.15, -0.1) is 11.3 Å². The average Bonchev–Trinajstić information content (AvgIpc) is 2.81. The fourth-order valence-corrected chi connectivity index (χ4v) is 5.66. The first-order valence-corrected chi connectivity index (χ1v) is 8.16. The van der Waals surface area contributed by atoms with Crippen LogP contribution in [-0.2, 0) is 4.79 Å². The van der Waals surface area contributed by atoms with Crippen molar-refractivity contribution < 1.29 is 15.0 Å². The molecule has 3 nitrogen and oxygen atoms in total. The number of hydrogen-bond donors (Lipinski definition) is 2. The van der Waals surface area contributed by atoms with E-state index in [-0.39, 0.29) is 5.92 Å². The Labute approximate surface area is 126 Å². The highest BCUT2D eigenvalue weighted by molar-refractivity contribution is 9.12. The summed E-state index contributed by atoms with van der Waals surface area (Å²) < 4.78 is 1.80. The Kier molecular flexibility index (Phi) is 4.52. The molecule has 1 heterocycles. The summed E-state index contributed by atoms with van der Waals surface area (Å²) >= 11 is 8.29. The standard InChI is InChI=1S/C12H14Br2O3S/c1-5-2-6(7(3-5)12(16)17)10(15)8-4-9(13)18-11(8)14/h4-7,10,15H,2-3H2,1H3,(H,16,17). The summed E-state index contributed by atoms with van der Waals surface area (Å²) in [5, 5.41) is 19.7. The van der Waals surface area contributed by atoms with Crippen LogP contribution in [0.15, 0.2) is 13.6 Å². The van der Waals surface area contributed by atoms with Gasteiger partial charge in [0, 0.05) is 11.5 Å². The summed E-state index contributed by atoms with van der Waals surface area (Å²) in [5.74, 6) is -1.09. The smallest absolute Gasteiger partial charge is 0.306 e. The molecule has 0 saturated heterocycles. The topological polar surface area (TPSA) is 57.5 Å². The summed E-state index contributed by atoms with van der Waals surface area (Å²) in [6.07, 6.45) is 0.700. The van der Waals surface area contributed by atoms with Gasteiger partial charge < -0.3 is 10.2 Å². The third kappa shape index (κ3) is 2.81. The van der Waals surface area contributed by atoms with E-state index in [4.69, 9.17) is 0 Å². The maximum absolute atomic E-state index is 11.3. The third-order valence-corrected chi connectivity index (χ3v) is 5.96. The first kappa shape index (κ1) is 14.5. The normalized spacial score (nSPS) is 29.4. The SMILES string of the molecule is CC1CC(C(=O)O)C(C(O)c2cc(Br)sc2Br)C1.